The van der Waals surface area contributed by atoms with E-state index in [0.717, 1.165) is 30.0 Å². The quantitative estimate of drug-likeness (QED) is 0.194. The number of alkyl halides is 3. The molecule has 3 aromatic rings. The fourth-order valence-electron chi connectivity index (χ4n) is 6.07. The van der Waals surface area contributed by atoms with Crippen molar-refractivity contribution in [1.82, 2.24) is 19.4 Å². The van der Waals surface area contributed by atoms with Gasteiger partial charge in [0.2, 0.25) is 5.91 Å². The summed E-state index contributed by atoms with van der Waals surface area (Å²) in [4.78, 5) is 47.9. The van der Waals surface area contributed by atoms with E-state index in [1.165, 1.54) is 10.6 Å². The average Bonchev–Trinajstić information content (AvgIpc) is 2.97. The van der Waals surface area contributed by atoms with Gasteiger partial charge in [-0.1, -0.05) is 13.0 Å². The molecule has 1 fully saturated rings. The molecule has 0 saturated carbocycles. The zero-order valence-corrected chi connectivity index (χ0v) is 25.7. The van der Waals surface area contributed by atoms with Gasteiger partial charge in [0.15, 0.2) is 0 Å². The van der Waals surface area contributed by atoms with Gasteiger partial charge in [-0.05, 0) is 38.7 Å². The minimum atomic E-state index is -4.94. The molecule has 0 radical (unpaired) electrons. The summed E-state index contributed by atoms with van der Waals surface area (Å²) < 4.78 is 74.3. The number of rotatable bonds is 8. The second kappa shape index (κ2) is 12.9. The van der Waals surface area contributed by atoms with Crippen LogP contribution in [0.3, 0.4) is 0 Å². The van der Waals surface area contributed by atoms with Crippen molar-refractivity contribution < 1.29 is 31.5 Å². The van der Waals surface area contributed by atoms with Crippen LogP contribution in [0.5, 0.6) is 0 Å². The van der Waals surface area contributed by atoms with E-state index in [4.69, 9.17) is 0 Å². The Morgan fingerprint density at radius 3 is 2.53 bits per heavy atom. The Kier molecular flexibility index (Phi) is 9.36. The van der Waals surface area contributed by atoms with E-state index in [2.05, 4.69) is 4.98 Å². The van der Waals surface area contributed by atoms with E-state index >= 15 is 4.39 Å². The molecule has 45 heavy (non-hydrogen) atoms. The number of benzene rings is 2. The fourth-order valence-corrected chi connectivity index (χ4v) is 7.27. The normalized spacial score (nSPS) is 18.8. The smallest absolute Gasteiger partial charge is 0.352 e. The molecule has 5 rings (SSSR count). The Morgan fingerprint density at radius 2 is 1.89 bits per heavy atom. The van der Waals surface area contributed by atoms with Crippen LogP contribution >= 0.6 is 11.8 Å². The van der Waals surface area contributed by atoms with Gasteiger partial charge in [0.1, 0.15) is 23.7 Å². The molecule has 1 saturated heterocycles. The Bertz CT molecular complexity index is 1720. The summed E-state index contributed by atoms with van der Waals surface area (Å²) in [5.74, 6) is -2.15. The van der Waals surface area contributed by atoms with Crippen LogP contribution in [0.2, 0.25) is 0 Å². The van der Waals surface area contributed by atoms with E-state index in [1.807, 2.05) is 25.9 Å². The molecule has 0 spiro atoms. The molecule has 8 nitrogen and oxygen atoms in total. The second-order valence-corrected chi connectivity index (χ2v) is 12.4. The Balaban J connectivity index is 1.70. The molecular formula is C31H32F5N5O3S. The van der Waals surface area contributed by atoms with Crippen molar-refractivity contribution in [2.45, 2.75) is 49.5 Å². The number of aryl methyl sites for hydroxylation is 1. The largest absolute Gasteiger partial charge is 0.417 e. The van der Waals surface area contributed by atoms with E-state index in [1.54, 1.807) is 15.9 Å². The van der Waals surface area contributed by atoms with E-state index < -0.39 is 52.3 Å². The van der Waals surface area contributed by atoms with Crippen molar-refractivity contribution in [2.75, 3.05) is 44.4 Å². The van der Waals surface area contributed by atoms with Crippen molar-refractivity contribution in [3.63, 3.8) is 0 Å². The first-order valence-electron chi connectivity index (χ1n) is 14.4. The van der Waals surface area contributed by atoms with Gasteiger partial charge in [-0.3, -0.25) is 9.36 Å². The number of carbonyl (C=O) groups is 2. The number of amides is 1. The molecule has 0 bridgehead atoms. The number of aromatic nitrogens is 2. The van der Waals surface area contributed by atoms with Gasteiger partial charge in [0.25, 0.3) is 0 Å². The number of anilines is 1. The number of likely N-dealkylation sites (N-methyl/N-ethyl adjacent to an activating group) is 1. The van der Waals surface area contributed by atoms with Crippen LogP contribution in [0.1, 0.15) is 25.3 Å². The van der Waals surface area contributed by atoms with Crippen LogP contribution in [0, 0.1) is 11.6 Å². The van der Waals surface area contributed by atoms with Gasteiger partial charge in [-0.25, -0.2) is 13.6 Å². The van der Waals surface area contributed by atoms with Gasteiger partial charge in [-0.15, -0.1) is 11.8 Å². The third kappa shape index (κ3) is 6.35. The number of nitrogens with zero attached hydrogens (tertiary/aromatic N) is 5. The van der Waals surface area contributed by atoms with Crippen molar-refractivity contribution in [3.8, 4) is 11.1 Å². The van der Waals surface area contributed by atoms with Crippen LogP contribution in [0.25, 0.3) is 22.0 Å². The SMILES string of the molecule is CCC1CN(c2nc(=O)n3c4c(c(-c5ccc(F)cc5F)c(C(F)(F)F)cc24)SCC3)CC(CC=O)N1C(=O)/C=C/CN(C)C. The maximum Gasteiger partial charge on any atom is 0.417 e. The van der Waals surface area contributed by atoms with Gasteiger partial charge in [0, 0.05) is 77.9 Å². The van der Waals surface area contributed by atoms with Gasteiger partial charge < -0.3 is 19.5 Å². The number of thioether (sulfide) groups is 1. The van der Waals surface area contributed by atoms with Crippen molar-refractivity contribution >= 4 is 40.7 Å². The highest BCUT2D eigenvalue weighted by molar-refractivity contribution is 7.99. The molecule has 1 amide bonds. The van der Waals surface area contributed by atoms with Crippen LogP contribution in [0.4, 0.5) is 27.8 Å². The molecule has 2 unspecified atom stereocenters. The number of halogens is 5. The molecule has 0 N–H and O–H groups in total. The topological polar surface area (TPSA) is 78.8 Å². The molecule has 2 aliphatic heterocycles. The third-order valence-electron chi connectivity index (χ3n) is 8.04. The highest BCUT2D eigenvalue weighted by Crippen LogP contribution is 2.49. The van der Waals surface area contributed by atoms with Gasteiger partial charge in [-0.2, -0.15) is 18.2 Å². The third-order valence-corrected chi connectivity index (χ3v) is 9.11. The first-order chi connectivity index (χ1) is 21.3. The fraction of sp³-hybridized carbons (Fsp3) is 0.419. The number of aldehydes is 1. The van der Waals surface area contributed by atoms with Crippen LogP contribution in [-0.2, 0) is 22.3 Å². The highest BCUT2D eigenvalue weighted by atomic mass is 32.2. The van der Waals surface area contributed by atoms with Gasteiger partial charge >= 0.3 is 11.9 Å². The number of piperazine rings is 1. The molecule has 2 atom stereocenters. The van der Waals surface area contributed by atoms with Crippen molar-refractivity contribution in [1.29, 1.82) is 0 Å². The Morgan fingerprint density at radius 1 is 1.16 bits per heavy atom. The van der Waals surface area contributed by atoms with Crippen LogP contribution in [-0.4, -0.2) is 83.1 Å². The monoisotopic (exact) mass is 649 g/mol. The summed E-state index contributed by atoms with van der Waals surface area (Å²) in [5, 5.41) is 0.0424. The summed E-state index contributed by atoms with van der Waals surface area (Å²) in [5.41, 5.74) is -2.55. The maximum atomic E-state index is 15.0. The van der Waals surface area contributed by atoms with E-state index in [0.29, 0.717) is 25.3 Å². The zero-order valence-electron chi connectivity index (χ0n) is 24.9. The number of hydrogen-bond donors (Lipinski definition) is 0. The van der Waals surface area contributed by atoms with Crippen LogP contribution < -0.4 is 10.6 Å². The lowest BCUT2D eigenvalue weighted by Gasteiger charge is -2.46. The molecule has 1 aromatic heterocycles. The molecule has 2 aliphatic rings. The Hall–Kier alpha value is -3.78. The number of hydrogen-bond acceptors (Lipinski definition) is 7. The predicted octanol–water partition coefficient (Wildman–Crippen LogP) is 4.97. The first kappa shape index (κ1) is 32.6. The standard InChI is InChI=1S/C31H32F5N5O3S/c1-4-19-16-39(17-20(9-12-42)41(19)25(43)6-5-10-38(2)3)29-22-15-23(31(34,35)36)26(21-8-7-18(32)14-24(21)33)28-27(22)40(11-13-45-28)30(44)37-29/h5-8,12,14-15,19-20H,4,9-11,13,16-17H2,1-3H3/b6-5+. The zero-order chi connectivity index (χ0) is 32.6. The summed E-state index contributed by atoms with van der Waals surface area (Å²) in [6.07, 6.45) is -0.646. The first-order valence-corrected chi connectivity index (χ1v) is 15.4. The van der Waals surface area contributed by atoms with Crippen molar-refractivity contribution in [3.05, 3.63) is 64.1 Å². The van der Waals surface area contributed by atoms with Crippen molar-refractivity contribution in [2.24, 2.45) is 0 Å². The lowest BCUT2D eigenvalue weighted by Crippen LogP contribution is -2.60. The molecule has 0 aliphatic carbocycles. The minimum absolute atomic E-state index is 0.00349. The Labute approximate surface area is 260 Å². The molecule has 3 heterocycles. The lowest BCUT2D eigenvalue weighted by molar-refractivity contribution is -0.137. The summed E-state index contributed by atoms with van der Waals surface area (Å²) in [6.45, 7) is 2.76. The molecule has 14 heteroatoms. The molecule has 240 valence electrons. The summed E-state index contributed by atoms with van der Waals surface area (Å²) in [7, 11) is 3.71. The number of carbonyl (C=O) groups excluding carboxylic acids is 2. The van der Waals surface area contributed by atoms with E-state index in [9.17, 15) is 31.9 Å². The highest BCUT2D eigenvalue weighted by Gasteiger charge is 2.41. The van der Waals surface area contributed by atoms with Gasteiger partial charge in [0.05, 0.1) is 17.1 Å². The minimum Gasteiger partial charge on any atom is -0.352 e. The summed E-state index contributed by atoms with van der Waals surface area (Å²) >= 11 is 1.06. The lowest BCUT2D eigenvalue weighted by atomic mass is 9.95. The molecule has 2 aromatic carbocycles. The predicted molar refractivity (Wildman–Crippen MR) is 162 cm³/mol. The van der Waals surface area contributed by atoms with Crippen LogP contribution in [0.15, 0.2) is 46.1 Å². The second-order valence-electron chi connectivity index (χ2n) is 11.3. The maximum absolute atomic E-state index is 15.0. The molecular weight excluding hydrogens is 617 g/mol. The van der Waals surface area contributed by atoms with E-state index in [-0.39, 0.29) is 59.3 Å². The summed E-state index contributed by atoms with van der Waals surface area (Å²) in [6, 6.07) is 2.20. The average molecular weight is 650 g/mol.